The highest BCUT2D eigenvalue weighted by atomic mass is 35.5. The van der Waals surface area contributed by atoms with Crippen LogP contribution in [0.1, 0.15) is 42.4 Å². The first-order chi connectivity index (χ1) is 20.1. The number of rotatable bonds is 7. The van der Waals surface area contributed by atoms with Crippen LogP contribution in [0.5, 0.6) is 11.5 Å². The summed E-state index contributed by atoms with van der Waals surface area (Å²) >= 11 is 7.28. The second-order valence-electron chi connectivity index (χ2n) is 9.67. The number of benzene rings is 2. The summed E-state index contributed by atoms with van der Waals surface area (Å²) in [5.41, 5.74) is 4.23. The number of hydrogen-bond acceptors (Lipinski definition) is 7. The van der Waals surface area contributed by atoms with Gasteiger partial charge in [0.2, 0.25) is 0 Å². The molecule has 0 N–H and O–H groups in total. The Morgan fingerprint density at radius 2 is 1.88 bits per heavy atom. The van der Waals surface area contributed by atoms with Crippen LogP contribution >= 0.6 is 22.9 Å². The van der Waals surface area contributed by atoms with E-state index in [1.165, 1.54) is 29.1 Å². The molecule has 2 aromatic carbocycles. The minimum atomic E-state index is -0.836. The Morgan fingerprint density at radius 3 is 2.55 bits per heavy atom. The highest BCUT2D eigenvalue weighted by Crippen LogP contribution is 2.37. The molecule has 0 fully saturated rings. The number of nitrogens with zero attached hydrogens (tertiary/aromatic N) is 3. The van der Waals surface area contributed by atoms with Crippen molar-refractivity contribution in [2.24, 2.45) is 4.99 Å². The van der Waals surface area contributed by atoms with E-state index >= 15 is 0 Å². The smallest absolute Gasteiger partial charge is 0.338 e. The molecule has 0 spiro atoms. The van der Waals surface area contributed by atoms with Crippen LogP contribution < -0.4 is 24.4 Å². The number of methoxy groups -OCH3 is 2. The van der Waals surface area contributed by atoms with Gasteiger partial charge < -0.3 is 18.8 Å². The number of thiazole rings is 1. The van der Waals surface area contributed by atoms with Gasteiger partial charge in [-0.05, 0) is 75.7 Å². The molecular weight excluding hydrogens is 581 g/mol. The summed E-state index contributed by atoms with van der Waals surface area (Å²) < 4.78 is 34.1. The number of halogens is 2. The van der Waals surface area contributed by atoms with Crippen molar-refractivity contribution in [2.75, 3.05) is 20.8 Å². The van der Waals surface area contributed by atoms with E-state index < -0.39 is 17.8 Å². The minimum Gasteiger partial charge on any atom is -0.497 e. The average molecular weight is 610 g/mol. The summed E-state index contributed by atoms with van der Waals surface area (Å²) in [6.07, 6.45) is 1.81. The van der Waals surface area contributed by atoms with Crippen LogP contribution in [0.15, 0.2) is 63.5 Å². The van der Waals surface area contributed by atoms with Gasteiger partial charge in [-0.25, -0.2) is 14.2 Å². The van der Waals surface area contributed by atoms with Crippen LogP contribution in [0.2, 0.25) is 5.02 Å². The maximum absolute atomic E-state index is 14.1. The number of aromatic nitrogens is 2. The predicted octanol–water partition coefficient (Wildman–Crippen LogP) is 5.02. The highest BCUT2D eigenvalue weighted by Gasteiger charge is 2.35. The summed E-state index contributed by atoms with van der Waals surface area (Å²) in [5, 5.41) is 0.0246. The molecule has 42 heavy (non-hydrogen) atoms. The van der Waals surface area contributed by atoms with Gasteiger partial charge in [-0.15, -0.1) is 0 Å². The first kappa shape index (κ1) is 29.3. The van der Waals surface area contributed by atoms with E-state index in [4.69, 9.17) is 25.8 Å². The zero-order chi connectivity index (χ0) is 30.3. The van der Waals surface area contributed by atoms with Crippen molar-refractivity contribution in [1.82, 2.24) is 9.13 Å². The van der Waals surface area contributed by atoms with E-state index in [9.17, 15) is 14.0 Å². The Labute approximate surface area is 250 Å². The number of allylic oxidation sites excluding steroid dienone is 1. The third-order valence-corrected chi connectivity index (χ3v) is 8.44. The molecule has 11 heteroatoms. The lowest BCUT2D eigenvalue weighted by Gasteiger charge is -2.26. The fraction of sp³-hybridized carbons (Fsp3) is 0.258. The van der Waals surface area contributed by atoms with Crippen LogP contribution in [0.3, 0.4) is 0 Å². The Morgan fingerprint density at radius 1 is 1.12 bits per heavy atom. The first-order valence-corrected chi connectivity index (χ1v) is 14.3. The molecule has 0 saturated heterocycles. The molecule has 0 aliphatic carbocycles. The fourth-order valence-electron chi connectivity index (χ4n) is 5.23. The zero-order valence-corrected chi connectivity index (χ0v) is 25.5. The van der Waals surface area contributed by atoms with E-state index in [1.807, 2.05) is 24.5 Å². The van der Waals surface area contributed by atoms with E-state index in [-0.39, 0.29) is 22.8 Å². The number of esters is 1. The monoisotopic (exact) mass is 609 g/mol. The highest BCUT2D eigenvalue weighted by molar-refractivity contribution is 7.07. The lowest BCUT2D eigenvalue weighted by Crippen LogP contribution is -2.40. The van der Waals surface area contributed by atoms with E-state index in [1.54, 1.807) is 57.4 Å². The molecule has 0 bridgehead atoms. The molecule has 5 rings (SSSR count). The summed E-state index contributed by atoms with van der Waals surface area (Å²) in [6.45, 7) is 7.47. The van der Waals surface area contributed by atoms with Gasteiger partial charge in [0.05, 0.1) is 41.7 Å². The minimum absolute atomic E-state index is 0.0246. The van der Waals surface area contributed by atoms with Gasteiger partial charge in [0.15, 0.2) is 4.80 Å². The molecule has 1 unspecified atom stereocenters. The summed E-state index contributed by atoms with van der Waals surface area (Å²) in [7, 11) is 3.07. The molecule has 2 aromatic heterocycles. The Kier molecular flexibility index (Phi) is 8.12. The van der Waals surface area contributed by atoms with Crippen molar-refractivity contribution in [3.05, 3.63) is 107 Å². The SMILES string of the molecule is CCOC(=O)C1=C(C)N=c2s/c(=C/c3cc(C)n(-c4ccc(F)c(Cl)c4)c3C)c(=O)n2C1c1ccc(OC)cc1OC. The van der Waals surface area contributed by atoms with Crippen molar-refractivity contribution in [2.45, 2.75) is 33.7 Å². The van der Waals surface area contributed by atoms with Gasteiger partial charge in [0.25, 0.3) is 5.56 Å². The maximum atomic E-state index is 14.1. The number of carbonyl (C=O) groups excluding carboxylic acids is 1. The van der Waals surface area contributed by atoms with Gasteiger partial charge >= 0.3 is 5.97 Å². The van der Waals surface area contributed by atoms with Gasteiger partial charge in [0.1, 0.15) is 23.4 Å². The van der Waals surface area contributed by atoms with Crippen LogP contribution in [0.25, 0.3) is 11.8 Å². The van der Waals surface area contributed by atoms with Gasteiger partial charge in [0, 0.05) is 28.7 Å². The number of aryl methyl sites for hydroxylation is 1. The van der Waals surface area contributed by atoms with Crippen LogP contribution in [0.4, 0.5) is 4.39 Å². The molecule has 4 aromatic rings. The Balaban J connectivity index is 1.72. The van der Waals surface area contributed by atoms with Gasteiger partial charge in [-0.1, -0.05) is 22.9 Å². The van der Waals surface area contributed by atoms with Crippen molar-refractivity contribution in [3.63, 3.8) is 0 Å². The molecule has 218 valence electrons. The topological polar surface area (TPSA) is 84.1 Å². The van der Waals surface area contributed by atoms with Gasteiger partial charge in [-0.3, -0.25) is 9.36 Å². The molecule has 1 aliphatic rings. The summed E-state index contributed by atoms with van der Waals surface area (Å²) in [6, 6.07) is 10.9. The number of fused-ring (bicyclic) bond motifs is 1. The van der Waals surface area contributed by atoms with Crippen LogP contribution in [0, 0.1) is 19.7 Å². The second kappa shape index (κ2) is 11.6. The molecule has 1 atom stereocenters. The predicted molar refractivity (Wildman–Crippen MR) is 160 cm³/mol. The number of hydrogen-bond donors (Lipinski definition) is 0. The summed E-state index contributed by atoms with van der Waals surface area (Å²) in [5.74, 6) is -0.0340. The molecule has 0 amide bonds. The third-order valence-electron chi connectivity index (χ3n) is 7.17. The largest absolute Gasteiger partial charge is 0.497 e. The summed E-state index contributed by atoms with van der Waals surface area (Å²) in [4.78, 5) is 32.4. The van der Waals surface area contributed by atoms with E-state index in [0.29, 0.717) is 37.8 Å². The lowest BCUT2D eigenvalue weighted by molar-refractivity contribution is -0.139. The van der Waals surface area contributed by atoms with E-state index in [0.717, 1.165) is 17.0 Å². The molecule has 1 aliphatic heterocycles. The Bertz CT molecular complexity index is 1940. The maximum Gasteiger partial charge on any atom is 0.338 e. The molecule has 8 nitrogen and oxygen atoms in total. The molecule has 0 radical (unpaired) electrons. The number of carbonyl (C=O) groups is 1. The van der Waals surface area contributed by atoms with Crippen LogP contribution in [-0.4, -0.2) is 35.9 Å². The number of ether oxygens (including phenoxy) is 3. The van der Waals surface area contributed by atoms with Gasteiger partial charge in [-0.2, -0.15) is 0 Å². The third kappa shape index (κ3) is 5.05. The fourth-order valence-corrected chi connectivity index (χ4v) is 6.44. The Hall–Kier alpha value is -4.15. The first-order valence-electron chi connectivity index (χ1n) is 13.2. The zero-order valence-electron chi connectivity index (χ0n) is 24.0. The van der Waals surface area contributed by atoms with Crippen molar-refractivity contribution >= 4 is 35.0 Å². The van der Waals surface area contributed by atoms with Crippen molar-refractivity contribution in [3.8, 4) is 17.2 Å². The normalized spacial score (nSPS) is 15.0. The van der Waals surface area contributed by atoms with Crippen molar-refractivity contribution in [1.29, 1.82) is 0 Å². The standard InChI is InChI=1S/C31H29ClFN3O5S/c1-7-41-30(38)27-17(3)34-31-36(28(27)22-10-9-21(39-5)15-25(22)40-6)29(37)26(42-31)13-19-12-16(2)35(18(19)4)20-8-11-24(33)23(32)14-20/h8-15,28H,7H2,1-6H3/b26-13+. The molecular formula is C31H29ClFN3O5S. The molecule has 0 saturated carbocycles. The van der Waals surface area contributed by atoms with Crippen molar-refractivity contribution < 1.29 is 23.4 Å². The van der Waals surface area contributed by atoms with Crippen LogP contribution in [-0.2, 0) is 9.53 Å². The quantitative estimate of drug-likeness (QED) is 0.275. The molecule has 3 heterocycles. The van der Waals surface area contributed by atoms with E-state index in [2.05, 4.69) is 4.99 Å². The average Bonchev–Trinajstić information content (AvgIpc) is 3.42. The second-order valence-corrected chi connectivity index (χ2v) is 11.1. The lowest BCUT2D eigenvalue weighted by atomic mass is 9.95.